The van der Waals surface area contributed by atoms with Crippen molar-refractivity contribution >= 4 is 40.1 Å². The lowest BCUT2D eigenvalue weighted by Crippen LogP contribution is -2.25. The summed E-state index contributed by atoms with van der Waals surface area (Å²) in [6.07, 6.45) is 6.05. The Balaban J connectivity index is 2.09. The van der Waals surface area contributed by atoms with E-state index in [-0.39, 0.29) is 29.0 Å². The molecule has 0 bridgehead atoms. The lowest BCUT2D eigenvalue weighted by molar-refractivity contribution is -0.151. The fourth-order valence-electron chi connectivity index (χ4n) is 2.81. The van der Waals surface area contributed by atoms with Gasteiger partial charge >= 0.3 is 11.9 Å². The van der Waals surface area contributed by atoms with Gasteiger partial charge in [-0.3, -0.25) is 14.4 Å². The molecule has 1 aromatic rings. The van der Waals surface area contributed by atoms with Gasteiger partial charge in [0.25, 0.3) is 11.8 Å². The second kappa shape index (κ2) is 10.0. The lowest BCUT2D eigenvalue weighted by atomic mass is 9.95. The van der Waals surface area contributed by atoms with Crippen LogP contribution in [0.4, 0.5) is 5.00 Å². The third kappa shape index (κ3) is 5.19. The maximum atomic E-state index is 12.3. The Kier molecular flexibility index (Phi) is 7.74. The van der Waals surface area contributed by atoms with Gasteiger partial charge in [-0.25, -0.2) is 4.79 Å². The smallest absolute Gasteiger partial charge is 0.341 e. The minimum Gasteiger partial charge on any atom is -0.462 e. The fraction of sp³-hybridized carbons (Fsp3) is 0.474. The third-order valence-corrected chi connectivity index (χ3v) is 5.47. The predicted octanol–water partition coefficient (Wildman–Crippen LogP) is 2.43. The quantitative estimate of drug-likeness (QED) is 0.530. The third-order valence-electron chi connectivity index (χ3n) is 4.26. The van der Waals surface area contributed by atoms with Crippen molar-refractivity contribution < 1.29 is 28.7 Å². The van der Waals surface area contributed by atoms with Crippen LogP contribution >= 0.6 is 11.3 Å². The number of thiophene rings is 1. The number of amides is 2. The van der Waals surface area contributed by atoms with Crippen LogP contribution in [-0.2, 0) is 19.1 Å². The Labute approximate surface area is 167 Å². The van der Waals surface area contributed by atoms with Crippen molar-refractivity contribution in [1.29, 1.82) is 0 Å². The molecule has 2 amide bonds. The molecule has 0 unspecified atom stereocenters. The molecule has 0 radical (unpaired) electrons. The minimum atomic E-state index is -0.632. The maximum absolute atomic E-state index is 12.3. The van der Waals surface area contributed by atoms with Crippen LogP contribution in [0.1, 0.15) is 51.8 Å². The summed E-state index contributed by atoms with van der Waals surface area (Å²) in [5.41, 5.74) is 0.548. The first-order chi connectivity index (χ1) is 13.4. The molecule has 0 aliphatic heterocycles. The number of esters is 2. The maximum Gasteiger partial charge on any atom is 0.341 e. The number of ether oxygens (including phenoxy) is 2. The van der Waals surface area contributed by atoms with Crippen molar-refractivity contribution in [3.63, 3.8) is 0 Å². The number of hydrogen-bond donors (Lipinski definition) is 2. The van der Waals surface area contributed by atoms with Crippen molar-refractivity contribution in [2.75, 3.05) is 25.6 Å². The number of allylic oxidation sites excluding steroid dienone is 2. The summed E-state index contributed by atoms with van der Waals surface area (Å²) in [4.78, 5) is 48.9. The van der Waals surface area contributed by atoms with Crippen LogP contribution in [-0.4, -0.2) is 44.0 Å². The zero-order chi connectivity index (χ0) is 20.7. The average molecular weight is 408 g/mol. The van der Waals surface area contributed by atoms with Crippen molar-refractivity contribution in [3.05, 3.63) is 28.2 Å². The number of carbonyl (C=O) groups is 4. The van der Waals surface area contributed by atoms with Gasteiger partial charge < -0.3 is 20.1 Å². The molecule has 152 valence electrons. The largest absolute Gasteiger partial charge is 0.462 e. The van der Waals surface area contributed by atoms with Gasteiger partial charge in [-0.1, -0.05) is 12.2 Å². The van der Waals surface area contributed by atoms with Gasteiger partial charge in [-0.2, -0.15) is 0 Å². The van der Waals surface area contributed by atoms with E-state index in [0.29, 0.717) is 23.3 Å². The van der Waals surface area contributed by atoms with Gasteiger partial charge in [-0.15, -0.1) is 11.3 Å². The standard InChI is InChI=1S/C19H24N2O6S/c1-4-26-19(25)14-11(2)15(16(23)20-3)28-17(14)21-13(22)10-27-18(24)12-8-6-5-7-9-12/h5-6,12H,4,7-10H2,1-3H3,(H,20,23)(H,21,22)/t12-/m1/s1. The molecule has 0 aromatic carbocycles. The monoisotopic (exact) mass is 408 g/mol. The van der Waals surface area contributed by atoms with Crippen LogP contribution in [0.25, 0.3) is 0 Å². The number of anilines is 1. The Morgan fingerprint density at radius 2 is 1.96 bits per heavy atom. The molecule has 1 aliphatic rings. The summed E-state index contributed by atoms with van der Waals surface area (Å²) < 4.78 is 10.1. The van der Waals surface area contributed by atoms with E-state index >= 15 is 0 Å². The second-order valence-corrected chi connectivity index (χ2v) is 7.22. The molecule has 0 saturated carbocycles. The van der Waals surface area contributed by atoms with E-state index in [1.54, 1.807) is 13.8 Å². The van der Waals surface area contributed by atoms with Crippen molar-refractivity contribution in [3.8, 4) is 0 Å². The normalized spacial score (nSPS) is 15.6. The minimum absolute atomic E-state index is 0.127. The molecule has 1 atom stereocenters. The van der Waals surface area contributed by atoms with Crippen molar-refractivity contribution in [1.82, 2.24) is 5.32 Å². The molecule has 8 nitrogen and oxygen atoms in total. The van der Waals surface area contributed by atoms with Crippen LogP contribution < -0.4 is 10.6 Å². The van der Waals surface area contributed by atoms with Gasteiger partial charge in [0.05, 0.1) is 23.0 Å². The van der Waals surface area contributed by atoms with Crippen molar-refractivity contribution in [2.45, 2.75) is 33.1 Å². The van der Waals surface area contributed by atoms with Crippen molar-refractivity contribution in [2.24, 2.45) is 5.92 Å². The Hall–Kier alpha value is -2.68. The summed E-state index contributed by atoms with van der Waals surface area (Å²) in [5.74, 6) is -2.25. The van der Waals surface area contributed by atoms with Gasteiger partial charge in [0.1, 0.15) is 5.00 Å². The first kappa shape index (κ1) is 21.6. The zero-order valence-corrected chi connectivity index (χ0v) is 16.9. The Morgan fingerprint density at radius 3 is 2.57 bits per heavy atom. The van der Waals surface area contributed by atoms with Gasteiger partial charge in [0.2, 0.25) is 0 Å². The molecule has 9 heteroatoms. The molecular weight excluding hydrogens is 384 g/mol. The van der Waals surface area contributed by atoms with E-state index in [1.807, 2.05) is 12.2 Å². The number of nitrogens with one attached hydrogen (secondary N) is 2. The van der Waals surface area contributed by atoms with E-state index in [9.17, 15) is 19.2 Å². The number of rotatable bonds is 7. The van der Waals surface area contributed by atoms with Crippen LogP contribution in [0.5, 0.6) is 0 Å². The summed E-state index contributed by atoms with van der Waals surface area (Å²) in [6, 6.07) is 0. The van der Waals surface area contributed by atoms with Gasteiger partial charge in [0.15, 0.2) is 6.61 Å². The second-order valence-electron chi connectivity index (χ2n) is 6.20. The van der Waals surface area contributed by atoms with Crippen LogP contribution in [0, 0.1) is 12.8 Å². The van der Waals surface area contributed by atoms with Crippen LogP contribution in [0.3, 0.4) is 0 Å². The highest BCUT2D eigenvalue weighted by Crippen LogP contribution is 2.33. The molecule has 2 rings (SSSR count). The number of carbonyl (C=O) groups excluding carboxylic acids is 4. The first-order valence-electron chi connectivity index (χ1n) is 9.03. The van der Waals surface area contributed by atoms with E-state index in [2.05, 4.69) is 10.6 Å². The topological polar surface area (TPSA) is 111 Å². The highest BCUT2D eigenvalue weighted by molar-refractivity contribution is 7.18. The predicted molar refractivity (Wildman–Crippen MR) is 104 cm³/mol. The van der Waals surface area contributed by atoms with E-state index in [4.69, 9.17) is 9.47 Å². The van der Waals surface area contributed by atoms with Crippen LogP contribution in [0.15, 0.2) is 12.2 Å². The van der Waals surface area contributed by atoms with E-state index in [0.717, 1.165) is 17.8 Å². The molecule has 1 heterocycles. The van der Waals surface area contributed by atoms with Crippen LogP contribution in [0.2, 0.25) is 0 Å². The lowest BCUT2D eigenvalue weighted by Gasteiger charge is -2.16. The summed E-state index contributed by atoms with van der Waals surface area (Å²) in [5, 5.41) is 5.24. The fourth-order valence-corrected chi connectivity index (χ4v) is 3.96. The summed E-state index contributed by atoms with van der Waals surface area (Å²) in [6.45, 7) is 2.97. The van der Waals surface area contributed by atoms with Gasteiger partial charge in [0, 0.05) is 7.05 Å². The van der Waals surface area contributed by atoms with E-state index < -0.39 is 24.5 Å². The molecule has 2 N–H and O–H groups in total. The molecule has 0 spiro atoms. The van der Waals surface area contributed by atoms with E-state index in [1.165, 1.54) is 7.05 Å². The average Bonchev–Trinajstić information content (AvgIpc) is 3.02. The number of hydrogen-bond acceptors (Lipinski definition) is 7. The first-order valence-corrected chi connectivity index (χ1v) is 9.84. The summed E-state index contributed by atoms with van der Waals surface area (Å²) >= 11 is 0.969. The molecule has 0 fully saturated rings. The Morgan fingerprint density at radius 1 is 1.21 bits per heavy atom. The molecule has 0 saturated heterocycles. The molecule has 1 aromatic heterocycles. The van der Waals surface area contributed by atoms with Gasteiger partial charge in [-0.05, 0) is 38.7 Å². The molecule has 28 heavy (non-hydrogen) atoms. The SMILES string of the molecule is CCOC(=O)c1c(NC(=O)COC(=O)[C@@H]2CC=CCC2)sc(C(=O)NC)c1C. The molecular formula is C19H24N2O6S. The summed E-state index contributed by atoms with van der Waals surface area (Å²) in [7, 11) is 1.48. The Bertz CT molecular complexity index is 799. The zero-order valence-electron chi connectivity index (χ0n) is 16.1. The highest BCUT2D eigenvalue weighted by atomic mass is 32.1. The highest BCUT2D eigenvalue weighted by Gasteiger charge is 2.27. The molecule has 1 aliphatic carbocycles.